The van der Waals surface area contributed by atoms with E-state index >= 15 is 0 Å². The van der Waals surface area contributed by atoms with Gasteiger partial charge >= 0.3 is 0 Å². The Kier molecular flexibility index (Phi) is 7.20. The van der Waals surface area contributed by atoms with Crippen LogP contribution in [0.3, 0.4) is 0 Å². The fourth-order valence-corrected chi connectivity index (χ4v) is 4.52. The van der Waals surface area contributed by atoms with E-state index in [0.717, 1.165) is 43.1 Å². The van der Waals surface area contributed by atoms with E-state index in [0.29, 0.717) is 5.41 Å². The third-order valence-corrected chi connectivity index (χ3v) is 5.32. The van der Waals surface area contributed by atoms with Crippen molar-refractivity contribution in [3.05, 3.63) is 24.3 Å². The summed E-state index contributed by atoms with van der Waals surface area (Å²) in [5.41, 5.74) is 7.43. The molecule has 1 heteroatoms. The minimum Gasteiger partial charge on any atom is -0.330 e. The van der Waals surface area contributed by atoms with Gasteiger partial charge < -0.3 is 5.73 Å². The summed E-state index contributed by atoms with van der Waals surface area (Å²) in [5, 5.41) is 0. The first kappa shape index (κ1) is 18.5. The molecule has 1 rings (SSSR count). The number of hydrogen-bond donors (Lipinski definition) is 1. The molecule has 1 aliphatic rings. The van der Waals surface area contributed by atoms with Crippen molar-refractivity contribution in [2.45, 2.75) is 66.7 Å². The van der Waals surface area contributed by atoms with Gasteiger partial charge in [0.05, 0.1) is 0 Å². The molecule has 0 heterocycles. The van der Waals surface area contributed by atoms with Crippen molar-refractivity contribution in [1.29, 1.82) is 0 Å². The summed E-state index contributed by atoms with van der Waals surface area (Å²) in [6.07, 6.45) is 10.8. The highest BCUT2D eigenvalue weighted by molar-refractivity contribution is 5.12. The third-order valence-electron chi connectivity index (χ3n) is 5.32. The van der Waals surface area contributed by atoms with Gasteiger partial charge in [-0.25, -0.2) is 0 Å². The summed E-state index contributed by atoms with van der Waals surface area (Å²) in [5.74, 6) is 3.32. The van der Waals surface area contributed by atoms with Gasteiger partial charge in [-0.2, -0.15) is 0 Å². The first-order chi connectivity index (χ1) is 9.85. The van der Waals surface area contributed by atoms with Gasteiger partial charge in [0.1, 0.15) is 0 Å². The van der Waals surface area contributed by atoms with Gasteiger partial charge in [-0.1, -0.05) is 52.0 Å². The molecule has 0 aromatic heterocycles. The average Bonchev–Trinajstić information content (AvgIpc) is 3.00. The molecule has 0 saturated heterocycles. The van der Waals surface area contributed by atoms with Crippen molar-refractivity contribution in [3.8, 4) is 0 Å². The lowest BCUT2D eigenvalue weighted by Gasteiger charge is -2.33. The number of hydrogen-bond acceptors (Lipinski definition) is 1. The zero-order chi connectivity index (χ0) is 16.0. The first-order valence-electron chi connectivity index (χ1n) is 8.85. The van der Waals surface area contributed by atoms with Crippen molar-refractivity contribution in [3.63, 3.8) is 0 Å². The van der Waals surface area contributed by atoms with E-state index in [1.165, 1.54) is 24.8 Å². The van der Waals surface area contributed by atoms with Crippen LogP contribution in [0.2, 0.25) is 0 Å². The topological polar surface area (TPSA) is 26.0 Å². The Morgan fingerprint density at radius 2 is 2.00 bits per heavy atom. The highest BCUT2D eigenvalue weighted by atomic mass is 14.6. The number of allylic oxidation sites excluding steroid dienone is 2. The quantitative estimate of drug-likeness (QED) is 0.523. The zero-order valence-corrected chi connectivity index (χ0v) is 15.0. The van der Waals surface area contributed by atoms with E-state index < -0.39 is 0 Å². The van der Waals surface area contributed by atoms with Crippen molar-refractivity contribution in [1.82, 2.24) is 0 Å². The Morgan fingerprint density at radius 1 is 1.33 bits per heavy atom. The molecule has 0 aromatic carbocycles. The minimum atomic E-state index is 0.487. The van der Waals surface area contributed by atoms with Crippen molar-refractivity contribution < 1.29 is 0 Å². The summed E-state index contributed by atoms with van der Waals surface area (Å²) in [4.78, 5) is 0. The third kappa shape index (κ3) is 5.29. The van der Waals surface area contributed by atoms with E-state index in [1.54, 1.807) is 0 Å². The molecule has 122 valence electrons. The summed E-state index contributed by atoms with van der Waals surface area (Å²) in [6.45, 7) is 16.7. The standard InChI is InChI=1S/C20H37N/c1-7-9-18-17(5)19(18)20(6,14-15(2)3)12-8-10-16(4)11-13-21/h7,9,15,17-19H,4,8,10-14,21H2,1-3,5-6H3/b9-7-. The molecule has 0 radical (unpaired) electrons. The molecule has 4 atom stereocenters. The van der Waals surface area contributed by atoms with Gasteiger partial charge in [-0.05, 0) is 74.7 Å². The zero-order valence-electron chi connectivity index (χ0n) is 15.0. The molecule has 1 aliphatic carbocycles. The smallest absolute Gasteiger partial charge is 0.00400 e. The van der Waals surface area contributed by atoms with Gasteiger partial charge in [0.15, 0.2) is 0 Å². The molecule has 0 aromatic rings. The highest BCUT2D eigenvalue weighted by Crippen LogP contribution is 2.60. The fourth-order valence-electron chi connectivity index (χ4n) is 4.52. The SMILES string of the molecule is C=C(CCN)CCCC(C)(CC(C)C)C1C(C)C1/C=C\C. The molecule has 1 saturated carbocycles. The van der Waals surface area contributed by atoms with Crippen LogP contribution in [0.5, 0.6) is 0 Å². The Bertz CT molecular complexity index is 355. The van der Waals surface area contributed by atoms with Crippen LogP contribution in [0.25, 0.3) is 0 Å². The molecule has 2 N–H and O–H groups in total. The lowest BCUT2D eigenvalue weighted by atomic mass is 9.72. The maximum atomic E-state index is 5.61. The van der Waals surface area contributed by atoms with Crippen LogP contribution >= 0.6 is 0 Å². The van der Waals surface area contributed by atoms with Crippen LogP contribution in [0.15, 0.2) is 24.3 Å². The number of nitrogens with two attached hydrogens (primary N) is 1. The Labute approximate surface area is 133 Å². The lowest BCUT2D eigenvalue weighted by Crippen LogP contribution is -2.23. The Morgan fingerprint density at radius 3 is 2.52 bits per heavy atom. The Hall–Kier alpha value is -0.560. The largest absolute Gasteiger partial charge is 0.330 e. The lowest BCUT2D eigenvalue weighted by molar-refractivity contribution is 0.179. The van der Waals surface area contributed by atoms with Gasteiger partial charge in [0.25, 0.3) is 0 Å². The van der Waals surface area contributed by atoms with E-state index in [4.69, 9.17) is 5.73 Å². The van der Waals surface area contributed by atoms with E-state index in [2.05, 4.69) is 53.3 Å². The molecule has 0 amide bonds. The van der Waals surface area contributed by atoms with Crippen molar-refractivity contribution in [2.24, 2.45) is 34.8 Å². The summed E-state index contributed by atoms with van der Waals surface area (Å²) in [6, 6.07) is 0. The monoisotopic (exact) mass is 291 g/mol. The van der Waals surface area contributed by atoms with Crippen LogP contribution < -0.4 is 5.73 Å². The molecular weight excluding hydrogens is 254 g/mol. The van der Waals surface area contributed by atoms with Gasteiger partial charge in [0, 0.05) is 0 Å². The minimum absolute atomic E-state index is 0.487. The van der Waals surface area contributed by atoms with Crippen LogP contribution in [0, 0.1) is 29.1 Å². The van der Waals surface area contributed by atoms with Gasteiger partial charge in [0.2, 0.25) is 0 Å². The van der Waals surface area contributed by atoms with Gasteiger partial charge in [-0.15, -0.1) is 0 Å². The second kappa shape index (κ2) is 8.17. The second-order valence-electron chi connectivity index (χ2n) is 7.88. The van der Waals surface area contributed by atoms with E-state index in [1.807, 2.05) is 0 Å². The molecule has 0 bridgehead atoms. The maximum absolute atomic E-state index is 5.61. The normalized spacial score (nSPS) is 28.0. The molecular formula is C20H37N. The second-order valence-corrected chi connectivity index (χ2v) is 7.88. The summed E-state index contributed by atoms with van der Waals surface area (Å²) >= 11 is 0. The van der Waals surface area contributed by atoms with E-state index in [9.17, 15) is 0 Å². The average molecular weight is 292 g/mol. The molecule has 1 fully saturated rings. The molecule has 0 aliphatic heterocycles. The van der Waals surface area contributed by atoms with Crippen LogP contribution in [-0.2, 0) is 0 Å². The van der Waals surface area contributed by atoms with Crippen LogP contribution in [0.1, 0.15) is 66.7 Å². The Balaban J connectivity index is 2.61. The van der Waals surface area contributed by atoms with Crippen LogP contribution in [0.4, 0.5) is 0 Å². The molecule has 0 spiro atoms. The predicted molar refractivity (Wildman–Crippen MR) is 95.2 cm³/mol. The summed E-state index contributed by atoms with van der Waals surface area (Å²) < 4.78 is 0. The molecule has 4 unspecified atom stereocenters. The van der Waals surface area contributed by atoms with Gasteiger partial charge in [-0.3, -0.25) is 0 Å². The fraction of sp³-hybridized carbons (Fsp3) is 0.800. The maximum Gasteiger partial charge on any atom is -0.00400 e. The van der Waals surface area contributed by atoms with Crippen molar-refractivity contribution >= 4 is 0 Å². The van der Waals surface area contributed by atoms with Crippen LogP contribution in [-0.4, -0.2) is 6.54 Å². The number of rotatable bonds is 10. The summed E-state index contributed by atoms with van der Waals surface area (Å²) in [7, 11) is 0. The van der Waals surface area contributed by atoms with E-state index in [-0.39, 0.29) is 0 Å². The highest BCUT2D eigenvalue weighted by Gasteiger charge is 2.54. The predicted octanol–water partition coefficient (Wildman–Crippen LogP) is 5.57. The first-order valence-corrected chi connectivity index (χ1v) is 8.85. The molecule has 21 heavy (non-hydrogen) atoms. The van der Waals surface area contributed by atoms with Crippen molar-refractivity contribution in [2.75, 3.05) is 6.54 Å². The molecule has 1 nitrogen and oxygen atoms in total.